The SMILES string of the molecule is CCOC(C)(C)CNC(C)c1scnc1C. The third-order valence-electron chi connectivity index (χ3n) is 2.54. The Balaban J connectivity index is 2.47. The number of aromatic nitrogens is 1. The smallest absolute Gasteiger partial charge is 0.0798 e. The van der Waals surface area contributed by atoms with Gasteiger partial charge in [-0.15, -0.1) is 11.3 Å². The second-order valence-electron chi connectivity index (χ2n) is 4.60. The fraction of sp³-hybridized carbons (Fsp3) is 0.750. The zero-order valence-corrected chi connectivity index (χ0v) is 11.6. The van der Waals surface area contributed by atoms with Crippen molar-refractivity contribution in [3.63, 3.8) is 0 Å². The van der Waals surface area contributed by atoms with E-state index >= 15 is 0 Å². The van der Waals surface area contributed by atoms with E-state index in [1.54, 1.807) is 11.3 Å². The molecule has 1 aromatic rings. The lowest BCUT2D eigenvalue weighted by Crippen LogP contribution is -2.38. The fourth-order valence-electron chi connectivity index (χ4n) is 1.66. The second kappa shape index (κ2) is 5.75. The van der Waals surface area contributed by atoms with Gasteiger partial charge in [-0.2, -0.15) is 0 Å². The lowest BCUT2D eigenvalue weighted by Gasteiger charge is -2.27. The summed E-state index contributed by atoms with van der Waals surface area (Å²) in [5, 5.41) is 3.50. The summed E-state index contributed by atoms with van der Waals surface area (Å²) in [5.41, 5.74) is 2.91. The summed E-state index contributed by atoms with van der Waals surface area (Å²) in [6.07, 6.45) is 0. The number of rotatable bonds is 6. The third kappa shape index (κ3) is 3.85. The molecule has 1 atom stereocenters. The van der Waals surface area contributed by atoms with Gasteiger partial charge < -0.3 is 10.1 Å². The van der Waals surface area contributed by atoms with E-state index in [9.17, 15) is 0 Å². The van der Waals surface area contributed by atoms with Crippen molar-refractivity contribution in [2.75, 3.05) is 13.2 Å². The van der Waals surface area contributed by atoms with Crippen LogP contribution in [0.3, 0.4) is 0 Å². The Labute approximate surface area is 102 Å². The minimum atomic E-state index is -0.110. The predicted octanol–water partition coefficient (Wildman–Crippen LogP) is 2.92. The number of thiazole rings is 1. The van der Waals surface area contributed by atoms with Gasteiger partial charge >= 0.3 is 0 Å². The Morgan fingerprint density at radius 1 is 1.56 bits per heavy atom. The Hall–Kier alpha value is -0.450. The summed E-state index contributed by atoms with van der Waals surface area (Å²) >= 11 is 1.71. The van der Waals surface area contributed by atoms with E-state index in [0.29, 0.717) is 6.04 Å². The number of ether oxygens (including phenoxy) is 1. The summed E-state index contributed by atoms with van der Waals surface area (Å²) in [5.74, 6) is 0. The van der Waals surface area contributed by atoms with E-state index in [0.717, 1.165) is 18.8 Å². The van der Waals surface area contributed by atoms with E-state index in [4.69, 9.17) is 4.74 Å². The molecule has 0 aliphatic heterocycles. The van der Waals surface area contributed by atoms with Gasteiger partial charge in [0, 0.05) is 24.1 Å². The molecule has 0 amide bonds. The van der Waals surface area contributed by atoms with Gasteiger partial charge in [0.2, 0.25) is 0 Å². The lowest BCUT2D eigenvalue weighted by molar-refractivity contribution is -0.0102. The lowest BCUT2D eigenvalue weighted by atomic mass is 10.1. The molecule has 0 spiro atoms. The number of nitrogens with zero attached hydrogens (tertiary/aromatic N) is 1. The van der Waals surface area contributed by atoms with E-state index in [-0.39, 0.29) is 5.60 Å². The van der Waals surface area contributed by atoms with Crippen LogP contribution in [0.2, 0.25) is 0 Å². The van der Waals surface area contributed by atoms with Crippen LogP contribution in [0.1, 0.15) is 44.3 Å². The first-order valence-electron chi connectivity index (χ1n) is 5.73. The van der Waals surface area contributed by atoms with Crippen LogP contribution in [0.5, 0.6) is 0 Å². The molecule has 0 fully saturated rings. The molecule has 1 heterocycles. The van der Waals surface area contributed by atoms with Crippen LogP contribution in [-0.4, -0.2) is 23.7 Å². The average molecular weight is 242 g/mol. The summed E-state index contributed by atoms with van der Waals surface area (Å²) in [6.45, 7) is 12.1. The summed E-state index contributed by atoms with van der Waals surface area (Å²) in [6, 6.07) is 0.340. The number of hydrogen-bond donors (Lipinski definition) is 1. The van der Waals surface area contributed by atoms with Gasteiger partial charge in [0.05, 0.1) is 16.8 Å². The Kier molecular flexibility index (Phi) is 4.89. The molecule has 4 heteroatoms. The highest BCUT2D eigenvalue weighted by Gasteiger charge is 2.19. The molecule has 1 rings (SSSR count). The van der Waals surface area contributed by atoms with Gasteiger partial charge in [-0.25, -0.2) is 4.98 Å². The Morgan fingerprint density at radius 3 is 2.75 bits per heavy atom. The monoisotopic (exact) mass is 242 g/mol. The maximum absolute atomic E-state index is 5.65. The van der Waals surface area contributed by atoms with Crippen molar-refractivity contribution in [3.05, 3.63) is 16.1 Å². The van der Waals surface area contributed by atoms with E-state index in [1.165, 1.54) is 4.88 Å². The van der Waals surface area contributed by atoms with Gasteiger partial charge in [0.1, 0.15) is 0 Å². The molecule has 0 aromatic carbocycles. The van der Waals surface area contributed by atoms with Crippen molar-refractivity contribution in [1.29, 1.82) is 0 Å². The van der Waals surface area contributed by atoms with Crippen molar-refractivity contribution >= 4 is 11.3 Å². The maximum atomic E-state index is 5.65. The van der Waals surface area contributed by atoms with Crippen LogP contribution in [0.4, 0.5) is 0 Å². The largest absolute Gasteiger partial charge is 0.375 e. The van der Waals surface area contributed by atoms with Gasteiger partial charge in [-0.3, -0.25) is 0 Å². The molecule has 0 aliphatic rings. The Bertz CT molecular complexity index is 323. The molecular formula is C12H22N2OS. The predicted molar refractivity (Wildman–Crippen MR) is 69.0 cm³/mol. The van der Waals surface area contributed by atoms with Crippen LogP contribution in [0.15, 0.2) is 5.51 Å². The molecule has 0 bridgehead atoms. The third-order valence-corrected chi connectivity index (χ3v) is 3.66. The minimum absolute atomic E-state index is 0.110. The number of aryl methyl sites for hydroxylation is 1. The van der Waals surface area contributed by atoms with Gasteiger partial charge in [0.25, 0.3) is 0 Å². The molecular weight excluding hydrogens is 220 g/mol. The molecule has 0 radical (unpaired) electrons. The van der Waals surface area contributed by atoms with Gasteiger partial charge in [-0.1, -0.05) is 0 Å². The first-order valence-corrected chi connectivity index (χ1v) is 6.61. The van der Waals surface area contributed by atoms with Gasteiger partial charge in [0.15, 0.2) is 0 Å². The zero-order valence-electron chi connectivity index (χ0n) is 10.8. The molecule has 3 nitrogen and oxygen atoms in total. The van der Waals surface area contributed by atoms with E-state index in [1.807, 2.05) is 12.4 Å². The van der Waals surface area contributed by atoms with Crippen LogP contribution >= 0.6 is 11.3 Å². The second-order valence-corrected chi connectivity index (χ2v) is 5.48. The van der Waals surface area contributed by atoms with Crippen LogP contribution in [-0.2, 0) is 4.74 Å². The van der Waals surface area contributed by atoms with Crippen molar-refractivity contribution in [1.82, 2.24) is 10.3 Å². The topological polar surface area (TPSA) is 34.1 Å². The van der Waals surface area contributed by atoms with Crippen LogP contribution < -0.4 is 5.32 Å². The fourth-order valence-corrected chi connectivity index (χ4v) is 2.49. The molecule has 92 valence electrons. The van der Waals surface area contributed by atoms with Crippen molar-refractivity contribution in [2.45, 2.75) is 46.3 Å². The number of nitrogens with one attached hydrogen (secondary N) is 1. The van der Waals surface area contributed by atoms with Crippen molar-refractivity contribution in [3.8, 4) is 0 Å². The van der Waals surface area contributed by atoms with E-state index < -0.39 is 0 Å². The highest BCUT2D eigenvalue weighted by Crippen LogP contribution is 2.21. The Morgan fingerprint density at radius 2 is 2.25 bits per heavy atom. The molecule has 16 heavy (non-hydrogen) atoms. The van der Waals surface area contributed by atoms with Crippen molar-refractivity contribution in [2.24, 2.45) is 0 Å². The van der Waals surface area contributed by atoms with E-state index in [2.05, 4.69) is 38.0 Å². The average Bonchev–Trinajstić information content (AvgIpc) is 2.61. The van der Waals surface area contributed by atoms with Crippen molar-refractivity contribution < 1.29 is 4.74 Å². The maximum Gasteiger partial charge on any atom is 0.0798 e. The molecule has 0 saturated heterocycles. The molecule has 1 unspecified atom stereocenters. The van der Waals surface area contributed by atoms with Crippen LogP contribution in [0.25, 0.3) is 0 Å². The highest BCUT2D eigenvalue weighted by molar-refractivity contribution is 7.09. The molecule has 0 aliphatic carbocycles. The molecule has 1 N–H and O–H groups in total. The summed E-state index contributed by atoms with van der Waals surface area (Å²) in [7, 11) is 0. The first-order chi connectivity index (χ1) is 7.46. The normalized spacial score (nSPS) is 14.1. The molecule has 1 aromatic heterocycles. The highest BCUT2D eigenvalue weighted by atomic mass is 32.1. The number of hydrogen-bond acceptors (Lipinski definition) is 4. The minimum Gasteiger partial charge on any atom is -0.375 e. The first kappa shape index (κ1) is 13.6. The summed E-state index contributed by atoms with van der Waals surface area (Å²) < 4.78 is 5.65. The molecule has 0 saturated carbocycles. The quantitative estimate of drug-likeness (QED) is 0.833. The standard InChI is InChI=1S/C12H22N2OS/c1-6-15-12(4,5)7-13-9(2)11-10(3)14-8-16-11/h8-9,13H,6-7H2,1-5H3. The zero-order chi connectivity index (χ0) is 12.2. The van der Waals surface area contributed by atoms with Gasteiger partial charge in [-0.05, 0) is 34.6 Å². The summed E-state index contributed by atoms with van der Waals surface area (Å²) in [4.78, 5) is 5.58. The van der Waals surface area contributed by atoms with Crippen LogP contribution in [0, 0.1) is 6.92 Å².